The van der Waals surface area contributed by atoms with Crippen molar-refractivity contribution < 1.29 is 14.5 Å². The number of nitro benzene ring substituents is 1. The summed E-state index contributed by atoms with van der Waals surface area (Å²) in [5.74, 6) is 0.401. The molecule has 1 N–H and O–H groups in total. The van der Waals surface area contributed by atoms with Crippen LogP contribution in [0.5, 0.6) is 5.75 Å². The van der Waals surface area contributed by atoms with Gasteiger partial charge in [-0.3, -0.25) is 14.9 Å². The maximum absolute atomic E-state index is 12.3. The van der Waals surface area contributed by atoms with Crippen molar-refractivity contribution in [2.75, 3.05) is 5.32 Å². The topological polar surface area (TPSA) is 81.5 Å². The average molecular weight is 298 g/mol. The SMILES string of the molecule is Cc1c(NC(=O)[C@H]2Cc3ccccc3O2)cccc1[N+](=O)[O-]. The molecule has 0 saturated heterocycles. The van der Waals surface area contributed by atoms with E-state index in [1.54, 1.807) is 19.1 Å². The summed E-state index contributed by atoms with van der Waals surface area (Å²) in [7, 11) is 0. The number of para-hydroxylation sites is 1. The van der Waals surface area contributed by atoms with E-state index in [-0.39, 0.29) is 11.6 Å². The zero-order valence-electron chi connectivity index (χ0n) is 11.9. The first-order valence-electron chi connectivity index (χ1n) is 6.85. The maximum atomic E-state index is 12.3. The first-order chi connectivity index (χ1) is 10.6. The standard InChI is InChI=1S/C16H14N2O4/c1-10-12(6-4-7-13(10)18(20)21)17-16(19)15-9-11-5-2-3-8-14(11)22-15/h2-8,15H,9H2,1H3,(H,17,19)/t15-/m1/s1. The molecule has 0 fully saturated rings. The molecule has 0 spiro atoms. The van der Waals surface area contributed by atoms with Crippen molar-refractivity contribution in [1.29, 1.82) is 0 Å². The quantitative estimate of drug-likeness (QED) is 0.698. The number of ether oxygens (including phenoxy) is 1. The predicted molar refractivity (Wildman–Crippen MR) is 81.0 cm³/mol. The second-order valence-corrected chi connectivity index (χ2v) is 5.11. The molecule has 3 rings (SSSR count). The van der Waals surface area contributed by atoms with Gasteiger partial charge in [-0.15, -0.1) is 0 Å². The highest BCUT2D eigenvalue weighted by Crippen LogP contribution is 2.30. The van der Waals surface area contributed by atoms with E-state index in [4.69, 9.17) is 4.74 Å². The molecule has 0 aromatic heterocycles. The number of hydrogen-bond donors (Lipinski definition) is 1. The third-order valence-electron chi connectivity index (χ3n) is 3.70. The molecule has 0 radical (unpaired) electrons. The molecular weight excluding hydrogens is 284 g/mol. The normalized spacial score (nSPS) is 15.8. The Kier molecular flexibility index (Phi) is 3.50. The lowest BCUT2D eigenvalue weighted by Crippen LogP contribution is -2.31. The Bertz CT molecular complexity index is 733. The molecule has 0 saturated carbocycles. The van der Waals surface area contributed by atoms with Gasteiger partial charge in [-0.05, 0) is 24.6 Å². The highest BCUT2D eigenvalue weighted by atomic mass is 16.6. The molecule has 2 aromatic carbocycles. The number of carbonyl (C=O) groups excluding carboxylic acids is 1. The lowest BCUT2D eigenvalue weighted by atomic mass is 10.1. The van der Waals surface area contributed by atoms with Crippen LogP contribution in [0.4, 0.5) is 11.4 Å². The predicted octanol–water partition coefficient (Wildman–Crippen LogP) is 2.85. The number of amides is 1. The second-order valence-electron chi connectivity index (χ2n) is 5.11. The summed E-state index contributed by atoms with van der Waals surface area (Å²) in [6.45, 7) is 1.61. The monoisotopic (exact) mass is 298 g/mol. The molecule has 0 unspecified atom stereocenters. The number of nitro groups is 1. The number of rotatable bonds is 3. The van der Waals surface area contributed by atoms with E-state index < -0.39 is 11.0 Å². The van der Waals surface area contributed by atoms with Crippen molar-refractivity contribution in [2.24, 2.45) is 0 Å². The minimum Gasteiger partial charge on any atom is -0.480 e. The van der Waals surface area contributed by atoms with Gasteiger partial charge in [-0.2, -0.15) is 0 Å². The van der Waals surface area contributed by atoms with Crippen LogP contribution in [0.1, 0.15) is 11.1 Å². The van der Waals surface area contributed by atoms with E-state index >= 15 is 0 Å². The Labute approximate surface area is 126 Å². The van der Waals surface area contributed by atoms with Crippen LogP contribution < -0.4 is 10.1 Å². The minimum atomic E-state index is -0.615. The van der Waals surface area contributed by atoms with Gasteiger partial charge in [0.2, 0.25) is 0 Å². The van der Waals surface area contributed by atoms with Crippen LogP contribution in [0.2, 0.25) is 0 Å². The first-order valence-corrected chi connectivity index (χ1v) is 6.85. The molecule has 6 nitrogen and oxygen atoms in total. The molecule has 6 heteroatoms. The van der Waals surface area contributed by atoms with Crippen molar-refractivity contribution >= 4 is 17.3 Å². The van der Waals surface area contributed by atoms with Crippen LogP contribution in [0.15, 0.2) is 42.5 Å². The maximum Gasteiger partial charge on any atom is 0.274 e. The van der Waals surface area contributed by atoms with E-state index in [1.807, 2.05) is 24.3 Å². The smallest absolute Gasteiger partial charge is 0.274 e. The second kappa shape index (κ2) is 5.48. The molecule has 1 heterocycles. The molecule has 112 valence electrons. The molecule has 0 aliphatic carbocycles. The zero-order chi connectivity index (χ0) is 15.7. The summed E-state index contributed by atoms with van der Waals surface area (Å²) in [5, 5.41) is 13.6. The molecule has 1 aliphatic heterocycles. The molecule has 1 aliphatic rings. The van der Waals surface area contributed by atoms with E-state index in [2.05, 4.69) is 5.32 Å². The largest absolute Gasteiger partial charge is 0.480 e. The van der Waals surface area contributed by atoms with E-state index in [0.29, 0.717) is 23.4 Å². The summed E-state index contributed by atoms with van der Waals surface area (Å²) in [5.41, 5.74) is 1.82. The molecule has 0 bridgehead atoms. The summed E-state index contributed by atoms with van der Waals surface area (Å²) >= 11 is 0. The van der Waals surface area contributed by atoms with E-state index in [0.717, 1.165) is 5.56 Å². The van der Waals surface area contributed by atoms with Gasteiger partial charge in [0.25, 0.3) is 11.6 Å². The molecule has 1 amide bonds. The number of anilines is 1. The van der Waals surface area contributed by atoms with Gasteiger partial charge in [0.1, 0.15) is 5.75 Å². The van der Waals surface area contributed by atoms with Crippen molar-refractivity contribution in [2.45, 2.75) is 19.4 Å². The first kappa shape index (κ1) is 14.1. The molecule has 2 aromatic rings. The van der Waals surface area contributed by atoms with Crippen LogP contribution >= 0.6 is 0 Å². The number of fused-ring (bicyclic) bond motifs is 1. The Morgan fingerprint density at radius 1 is 1.27 bits per heavy atom. The number of nitrogens with one attached hydrogen (secondary N) is 1. The number of benzene rings is 2. The third-order valence-corrected chi connectivity index (χ3v) is 3.70. The number of carbonyl (C=O) groups is 1. The van der Waals surface area contributed by atoms with Crippen LogP contribution in [0, 0.1) is 17.0 Å². The highest BCUT2D eigenvalue weighted by Gasteiger charge is 2.29. The Hall–Kier alpha value is -2.89. The van der Waals surface area contributed by atoms with Crippen LogP contribution in [-0.4, -0.2) is 16.9 Å². The van der Waals surface area contributed by atoms with Gasteiger partial charge < -0.3 is 10.1 Å². The zero-order valence-corrected chi connectivity index (χ0v) is 11.9. The fraction of sp³-hybridized carbons (Fsp3) is 0.188. The number of hydrogen-bond acceptors (Lipinski definition) is 4. The Morgan fingerprint density at radius 2 is 2.05 bits per heavy atom. The van der Waals surface area contributed by atoms with Gasteiger partial charge in [0, 0.05) is 12.5 Å². The van der Waals surface area contributed by atoms with Crippen LogP contribution in [-0.2, 0) is 11.2 Å². The summed E-state index contributed by atoms with van der Waals surface area (Å²) in [6.07, 6.45) is -0.119. The molecule has 22 heavy (non-hydrogen) atoms. The third kappa shape index (κ3) is 2.50. The van der Waals surface area contributed by atoms with Gasteiger partial charge in [0.05, 0.1) is 16.2 Å². The average Bonchev–Trinajstić information content (AvgIpc) is 2.93. The van der Waals surface area contributed by atoms with Crippen molar-refractivity contribution in [1.82, 2.24) is 0 Å². The van der Waals surface area contributed by atoms with Crippen LogP contribution in [0.3, 0.4) is 0 Å². The lowest BCUT2D eigenvalue weighted by molar-refractivity contribution is -0.385. The molecular formula is C16H14N2O4. The Morgan fingerprint density at radius 3 is 2.77 bits per heavy atom. The Balaban J connectivity index is 1.76. The summed E-state index contributed by atoms with van der Waals surface area (Å²) < 4.78 is 5.61. The number of nitrogens with zero attached hydrogens (tertiary/aromatic N) is 1. The lowest BCUT2D eigenvalue weighted by Gasteiger charge is -2.13. The summed E-state index contributed by atoms with van der Waals surface area (Å²) in [6, 6.07) is 12.1. The van der Waals surface area contributed by atoms with Crippen LogP contribution in [0.25, 0.3) is 0 Å². The highest BCUT2D eigenvalue weighted by molar-refractivity contribution is 5.96. The van der Waals surface area contributed by atoms with Crippen molar-refractivity contribution in [3.63, 3.8) is 0 Å². The fourth-order valence-corrected chi connectivity index (χ4v) is 2.50. The van der Waals surface area contributed by atoms with E-state index in [9.17, 15) is 14.9 Å². The van der Waals surface area contributed by atoms with Crippen molar-refractivity contribution in [3.8, 4) is 5.75 Å². The van der Waals surface area contributed by atoms with Gasteiger partial charge in [-0.25, -0.2) is 0 Å². The van der Waals surface area contributed by atoms with Gasteiger partial charge >= 0.3 is 0 Å². The van der Waals surface area contributed by atoms with Gasteiger partial charge in [-0.1, -0.05) is 24.3 Å². The van der Waals surface area contributed by atoms with Crippen molar-refractivity contribution in [3.05, 3.63) is 63.7 Å². The van der Waals surface area contributed by atoms with E-state index in [1.165, 1.54) is 6.07 Å². The minimum absolute atomic E-state index is 0.0200. The fourth-order valence-electron chi connectivity index (χ4n) is 2.50. The van der Waals surface area contributed by atoms with Gasteiger partial charge in [0.15, 0.2) is 6.10 Å². The molecule has 1 atom stereocenters. The summed E-state index contributed by atoms with van der Waals surface area (Å²) in [4.78, 5) is 22.8.